The summed E-state index contributed by atoms with van der Waals surface area (Å²) in [7, 11) is 0. The summed E-state index contributed by atoms with van der Waals surface area (Å²) in [6, 6.07) is 10.7. The van der Waals surface area contributed by atoms with E-state index in [0.717, 1.165) is 0 Å². The predicted molar refractivity (Wildman–Crippen MR) is 202 cm³/mol. The Kier molecular flexibility index (Phi) is 13.5. The van der Waals surface area contributed by atoms with Crippen molar-refractivity contribution in [2.45, 2.75) is 51.9 Å². The first kappa shape index (κ1) is 40.4. The van der Waals surface area contributed by atoms with E-state index in [0.29, 0.717) is 61.8 Å². The summed E-state index contributed by atoms with van der Waals surface area (Å²) in [5.41, 5.74) is 2.01. The van der Waals surface area contributed by atoms with Crippen LogP contribution in [0.15, 0.2) is 73.3 Å². The fourth-order valence-corrected chi connectivity index (χ4v) is 7.19. The molecule has 2 aliphatic rings. The van der Waals surface area contributed by atoms with Crippen LogP contribution < -0.4 is 20.4 Å². The predicted octanol–water partition coefficient (Wildman–Crippen LogP) is 7.99. The third-order valence-corrected chi connectivity index (χ3v) is 10.3. The molecule has 2 aromatic heterocycles. The highest BCUT2D eigenvalue weighted by Crippen LogP contribution is 2.28. The minimum atomic E-state index is -0.517. The van der Waals surface area contributed by atoms with E-state index in [4.69, 9.17) is 23.2 Å². The van der Waals surface area contributed by atoms with Crippen LogP contribution in [-0.4, -0.2) is 83.2 Å². The molecule has 2 aromatic carbocycles. The van der Waals surface area contributed by atoms with E-state index in [-0.39, 0.29) is 45.8 Å². The van der Waals surface area contributed by atoms with Crippen LogP contribution in [0.5, 0.6) is 0 Å². The van der Waals surface area contributed by atoms with Gasteiger partial charge in [-0.3, -0.25) is 9.97 Å². The molecule has 4 atom stereocenters. The second-order valence-electron chi connectivity index (χ2n) is 13.3. The zero-order valence-corrected chi connectivity index (χ0v) is 31.8. The molecule has 288 valence electrons. The van der Waals surface area contributed by atoms with E-state index in [2.05, 4.69) is 20.6 Å². The number of pyridine rings is 2. The highest BCUT2D eigenvalue weighted by Gasteiger charge is 2.31. The minimum Gasteiger partial charge on any atom is -0.365 e. The maximum Gasteiger partial charge on any atom is 0.318 e. The molecule has 0 bridgehead atoms. The highest BCUT2D eigenvalue weighted by atomic mass is 35.5. The van der Waals surface area contributed by atoms with Gasteiger partial charge in [-0.2, -0.15) is 0 Å². The lowest BCUT2D eigenvalue weighted by Crippen LogP contribution is -2.57. The Labute approximate surface area is 322 Å². The van der Waals surface area contributed by atoms with Crippen molar-refractivity contribution in [3.63, 3.8) is 0 Å². The van der Waals surface area contributed by atoms with Gasteiger partial charge in [0.2, 0.25) is 0 Å². The van der Waals surface area contributed by atoms with Crippen LogP contribution in [0.2, 0.25) is 10.0 Å². The number of rotatable bonds is 6. The summed E-state index contributed by atoms with van der Waals surface area (Å²) >= 11 is 12.0. The van der Waals surface area contributed by atoms with Gasteiger partial charge in [-0.1, -0.05) is 47.5 Å². The number of hydrogen-bond donors (Lipinski definition) is 2. The van der Waals surface area contributed by atoms with Crippen LogP contribution in [0.1, 0.15) is 50.9 Å². The molecule has 2 saturated heterocycles. The molecule has 4 amide bonds. The summed E-state index contributed by atoms with van der Waals surface area (Å²) in [5, 5.41) is 5.75. The number of halogens is 6. The number of anilines is 2. The zero-order valence-electron chi connectivity index (χ0n) is 30.2. The Balaban J connectivity index is 0.000000208. The molecule has 0 radical (unpaired) electrons. The third kappa shape index (κ3) is 9.45. The van der Waals surface area contributed by atoms with Gasteiger partial charge in [0.1, 0.15) is 11.6 Å². The van der Waals surface area contributed by atoms with Crippen LogP contribution in [-0.2, 0) is 0 Å². The van der Waals surface area contributed by atoms with Crippen LogP contribution in [0, 0.1) is 23.3 Å². The lowest BCUT2D eigenvalue weighted by atomic mass is 10.1. The zero-order chi connectivity index (χ0) is 39.1. The van der Waals surface area contributed by atoms with E-state index in [1.54, 1.807) is 72.4 Å². The number of carbonyl (C=O) groups excluding carboxylic acids is 2. The van der Waals surface area contributed by atoms with E-state index in [1.807, 2.05) is 23.6 Å². The van der Waals surface area contributed by atoms with Gasteiger partial charge in [0.15, 0.2) is 11.6 Å². The monoisotopic (exact) mass is 788 g/mol. The van der Waals surface area contributed by atoms with Gasteiger partial charge in [0.05, 0.1) is 45.9 Å². The van der Waals surface area contributed by atoms with E-state index < -0.39 is 23.7 Å². The first-order chi connectivity index (χ1) is 25.8. The second-order valence-corrected chi connectivity index (χ2v) is 14.0. The third-order valence-electron chi connectivity index (χ3n) is 9.54. The number of hydrogen-bond acceptors (Lipinski definition) is 6. The van der Waals surface area contributed by atoms with E-state index in [1.165, 1.54) is 24.5 Å². The van der Waals surface area contributed by atoms with Gasteiger partial charge in [-0.15, -0.1) is 0 Å². The number of urea groups is 2. The molecule has 54 heavy (non-hydrogen) atoms. The summed E-state index contributed by atoms with van der Waals surface area (Å²) in [5.74, 6) is -1.79. The molecule has 4 aromatic rings. The van der Waals surface area contributed by atoms with E-state index in [9.17, 15) is 27.2 Å². The molecule has 0 spiro atoms. The number of amides is 4. The average molecular weight is 790 g/mol. The second kappa shape index (κ2) is 18.0. The van der Waals surface area contributed by atoms with Crippen LogP contribution in [0.3, 0.4) is 0 Å². The Hall–Kier alpha value is -4.82. The minimum absolute atomic E-state index is 0.0105. The number of nitrogens with one attached hydrogen (secondary N) is 2. The number of carbonyl (C=O) groups is 2. The number of piperazine rings is 2. The van der Waals surface area contributed by atoms with Crippen molar-refractivity contribution >= 4 is 46.6 Å². The topological polar surface area (TPSA) is 96.9 Å². The van der Waals surface area contributed by atoms with Gasteiger partial charge in [-0.25, -0.2) is 27.2 Å². The average Bonchev–Trinajstić information content (AvgIpc) is 3.14. The smallest absolute Gasteiger partial charge is 0.318 e. The molecule has 16 heteroatoms. The van der Waals surface area contributed by atoms with Crippen molar-refractivity contribution in [3.05, 3.63) is 118 Å². The van der Waals surface area contributed by atoms with Gasteiger partial charge in [0.25, 0.3) is 0 Å². The first-order valence-electron chi connectivity index (χ1n) is 17.5. The standard InChI is InChI=1S/2C19H21ClF2N4O/c2*1-12-11-25(17-6-7-23-10-16(17)22)8-9-26(12)19(27)24-13(2)14-4-3-5-15(21)18(14)20/h2*3-7,10,12-13H,8-9,11H2,1-2H3,(H,24,27)/t12-,13+;12-,13-/m11/s1. The van der Waals surface area contributed by atoms with Crippen molar-refractivity contribution in [2.75, 3.05) is 49.1 Å². The molecule has 2 aliphatic heterocycles. The Morgan fingerprint density at radius 1 is 0.648 bits per heavy atom. The Morgan fingerprint density at radius 3 is 1.39 bits per heavy atom. The molecule has 2 N–H and O–H groups in total. The van der Waals surface area contributed by atoms with Gasteiger partial charge < -0.3 is 30.2 Å². The van der Waals surface area contributed by atoms with Crippen molar-refractivity contribution in [3.8, 4) is 0 Å². The summed E-state index contributed by atoms with van der Waals surface area (Å²) in [6.07, 6.45) is 5.46. The molecule has 10 nitrogen and oxygen atoms in total. The van der Waals surface area contributed by atoms with Crippen LogP contribution in [0.4, 0.5) is 38.5 Å². The molecule has 4 heterocycles. The summed E-state index contributed by atoms with van der Waals surface area (Å²) in [4.78, 5) is 40.1. The SMILES string of the molecule is C[C@@H]1CN(c2ccncc2F)CCN1C(=O)N[C@H](C)c1cccc(F)c1Cl.C[C@H](NC(=O)N1CCN(c2ccncc2F)C[C@H]1C)c1cccc(F)c1Cl. The normalized spacial score (nSPS) is 18.3. The van der Waals surface area contributed by atoms with Crippen molar-refractivity contribution < 1.29 is 27.2 Å². The number of benzene rings is 2. The molecule has 0 saturated carbocycles. The Morgan fingerprint density at radius 2 is 1.04 bits per heavy atom. The summed E-state index contributed by atoms with van der Waals surface area (Å²) < 4.78 is 55.2. The van der Waals surface area contributed by atoms with Crippen LogP contribution in [0.25, 0.3) is 0 Å². The molecule has 2 fully saturated rings. The van der Waals surface area contributed by atoms with Gasteiger partial charge in [-0.05, 0) is 63.1 Å². The molecule has 6 rings (SSSR count). The molecular formula is C38H42Cl2F4N8O2. The maximum atomic E-state index is 13.9. The lowest BCUT2D eigenvalue weighted by Gasteiger charge is -2.41. The van der Waals surface area contributed by atoms with Crippen molar-refractivity contribution in [2.24, 2.45) is 0 Å². The maximum absolute atomic E-state index is 13.9. The Bertz CT molecular complexity index is 1810. The van der Waals surface area contributed by atoms with Gasteiger partial charge in [0, 0.05) is 63.7 Å². The number of nitrogens with zero attached hydrogens (tertiary/aromatic N) is 6. The molecule has 0 unspecified atom stereocenters. The quantitative estimate of drug-likeness (QED) is 0.193. The lowest BCUT2D eigenvalue weighted by molar-refractivity contribution is 0.167. The first-order valence-corrected chi connectivity index (χ1v) is 18.2. The molecular weight excluding hydrogens is 747 g/mol. The highest BCUT2D eigenvalue weighted by molar-refractivity contribution is 6.31. The van der Waals surface area contributed by atoms with Crippen molar-refractivity contribution in [1.82, 2.24) is 30.4 Å². The van der Waals surface area contributed by atoms with E-state index >= 15 is 0 Å². The largest absolute Gasteiger partial charge is 0.365 e. The molecule has 0 aliphatic carbocycles. The number of aromatic nitrogens is 2. The van der Waals surface area contributed by atoms with Crippen LogP contribution >= 0.6 is 23.2 Å². The fraction of sp³-hybridized carbons (Fsp3) is 0.368. The van der Waals surface area contributed by atoms with Crippen molar-refractivity contribution in [1.29, 1.82) is 0 Å². The summed E-state index contributed by atoms with van der Waals surface area (Å²) in [6.45, 7) is 10.2. The van der Waals surface area contributed by atoms with Gasteiger partial charge >= 0.3 is 12.1 Å². The fourth-order valence-electron chi connectivity index (χ4n) is 6.61.